The van der Waals surface area contributed by atoms with Gasteiger partial charge < -0.3 is 4.74 Å². The zero-order valence-electron chi connectivity index (χ0n) is 16.7. The number of aryl methyl sites for hydroxylation is 1. The van der Waals surface area contributed by atoms with Crippen LogP contribution in [0.4, 0.5) is 10.8 Å². The van der Waals surface area contributed by atoms with Crippen molar-refractivity contribution < 1.29 is 17.9 Å². The van der Waals surface area contributed by atoms with E-state index in [9.17, 15) is 13.2 Å². The fourth-order valence-corrected chi connectivity index (χ4v) is 5.26. The first kappa shape index (κ1) is 20.8. The number of ether oxygens (including phenoxy) is 1. The van der Waals surface area contributed by atoms with Crippen molar-refractivity contribution in [3.05, 3.63) is 77.9 Å². The van der Waals surface area contributed by atoms with Gasteiger partial charge in [-0.2, -0.15) is 0 Å². The van der Waals surface area contributed by atoms with Gasteiger partial charge in [-0.3, -0.25) is 14.8 Å². The SMILES string of the molecule is COc1ccccc1NS(=O)(=O)c1cc(C(=O)Nc2nc3ccccc3s2)ccc1C. The van der Waals surface area contributed by atoms with Crippen molar-refractivity contribution in [3.63, 3.8) is 0 Å². The molecule has 3 aromatic carbocycles. The van der Waals surface area contributed by atoms with Gasteiger partial charge in [-0.25, -0.2) is 13.4 Å². The molecule has 1 amide bonds. The second kappa shape index (κ2) is 8.37. The Labute approximate surface area is 183 Å². The molecule has 0 aliphatic rings. The first-order chi connectivity index (χ1) is 14.9. The molecule has 2 N–H and O–H groups in total. The molecule has 0 saturated carbocycles. The summed E-state index contributed by atoms with van der Waals surface area (Å²) in [6, 6.07) is 18.8. The summed E-state index contributed by atoms with van der Waals surface area (Å²) in [5, 5.41) is 3.19. The number of carbonyl (C=O) groups is 1. The molecule has 0 atom stereocenters. The van der Waals surface area contributed by atoms with Crippen LogP contribution in [0.15, 0.2) is 71.6 Å². The van der Waals surface area contributed by atoms with E-state index in [0.717, 1.165) is 10.2 Å². The van der Waals surface area contributed by atoms with Gasteiger partial charge in [-0.1, -0.05) is 41.7 Å². The monoisotopic (exact) mass is 453 g/mol. The van der Waals surface area contributed by atoms with Crippen LogP contribution in [0.3, 0.4) is 0 Å². The average Bonchev–Trinajstić information content (AvgIpc) is 3.16. The molecule has 31 heavy (non-hydrogen) atoms. The first-order valence-electron chi connectivity index (χ1n) is 9.31. The summed E-state index contributed by atoms with van der Waals surface area (Å²) in [4.78, 5) is 17.2. The molecular weight excluding hydrogens is 434 g/mol. The number of rotatable bonds is 6. The molecule has 0 unspecified atom stereocenters. The number of aromatic nitrogens is 1. The van der Waals surface area contributed by atoms with Crippen molar-refractivity contribution in [1.82, 2.24) is 4.98 Å². The van der Waals surface area contributed by atoms with Gasteiger partial charge in [0, 0.05) is 5.56 Å². The smallest absolute Gasteiger partial charge is 0.262 e. The molecule has 0 aliphatic carbocycles. The number of sulfonamides is 1. The van der Waals surface area contributed by atoms with Gasteiger partial charge in [0.05, 0.1) is 27.9 Å². The number of nitrogens with zero attached hydrogens (tertiary/aromatic N) is 1. The first-order valence-corrected chi connectivity index (χ1v) is 11.6. The van der Waals surface area contributed by atoms with Crippen LogP contribution in [-0.4, -0.2) is 26.4 Å². The van der Waals surface area contributed by atoms with Gasteiger partial charge in [0.2, 0.25) is 0 Å². The molecule has 1 aromatic heterocycles. The van der Waals surface area contributed by atoms with Crippen LogP contribution in [0.5, 0.6) is 5.75 Å². The van der Waals surface area contributed by atoms with Crippen LogP contribution in [-0.2, 0) is 10.0 Å². The van der Waals surface area contributed by atoms with E-state index in [-0.39, 0.29) is 10.5 Å². The van der Waals surface area contributed by atoms with Gasteiger partial charge in [-0.15, -0.1) is 0 Å². The molecule has 7 nitrogen and oxygen atoms in total. The lowest BCUT2D eigenvalue weighted by Crippen LogP contribution is -2.17. The minimum absolute atomic E-state index is 0.00959. The molecule has 4 aromatic rings. The second-order valence-electron chi connectivity index (χ2n) is 6.73. The fraction of sp³-hybridized carbons (Fsp3) is 0.0909. The highest BCUT2D eigenvalue weighted by Crippen LogP contribution is 2.29. The van der Waals surface area contributed by atoms with Crippen LogP contribution in [0.25, 0.3) is 10.2 Å². The van der Waals surface area contributed by atoms with Crippen LogP contribution < -0.4 is 14.8 Å². The highest BCUT2D eigenvalue weighted by molar-refractivity contribution is 7.92. The average molecular weight is 454 g/mol. The van der Waals surface area contributed by atoms with E-state index in [0.29, 0.717) is 22.1 Å². The maximum absolute atomic E-state index is 13.0. The third-order valence-electron chi connectivity index (χ3n) is 4.61. The maximum Gasteiger partial charge on any atom is 0.262 e. The molecule has 0 radical (unpaired) electrons. The fourth-order valence-electron chi connectivity index (χ4n) is 3.05. The molecule has 0 fully saturated rings. The van der Waals surface area contributed by atoms with Gasteiger partial charge in [0.15, 0.2) is 5.13 Å². The van der Waals surface area contributed by atoms with Crippen LogP contribution in [0.1, 0.15) is 15.9 Å². The van der Waals surface area contributed by atoms with Crippen LogP contribution >= 0.6 is 11.3 Å². The van der Waals surface area contributed by atoms with Gasteiger partial charge in [0.1, 0.15) is 5.75 Å². The van der Waals surface area contributed by atoms with Crippen molar-refractivity contribution >= 4 is 48.3 Å². The van der Waals surface area contributed by atoms with Gasteiger partial charge in [0.25, 0.3) is 15.9 Å². The number of para-hydroxylation sites is 3. The summed E-state index contributed by atoms with van der Waals surface area (Å²) in [6.07, 6.45) is 0. The van der Waals surface area contributed by atoms with Crippen molar-refractivity contribution in [1.29, 1.82) is 0 Å². The van der Waals surface area contributed by atoms with E-state index < -0.39 is 15.9 Å². The number of fused-ring (bicyclic) bond motifs is 1. The lowest BCUT2D eigenvalue weighted by Gasteiger charge is -2.14. The Hall–Kier alpha value is -3.43. The summed E-state index contributed by atoms with van der Waals surface area (Å²) in [6.45, 7) is 1.67. The highest BCUT2D eigenvalue weighted by atomic mass is 32.2. The predicted octanol–water partition coefficient (Wildman–Crippen LogP) is 4.67. The van der Waals surface area contributed by atoms with Crippen molar-refractivity contribution in [2.45, 2.75) is 11.8 Å². The molecule has 0 saturated heterocycles. The number of hydrogen-bond donors (Lipinski definition) is 2. The van der Waals surface area contributed by atoms with E-state index >= 15 is 0 Å². The van der Waals surface area contributed by atoms with Gasteiger partial charge in [-0.05, 0) is 48.9 Å². The molecule has 0 bridgehead atoms. The van der Waals surface area contributed by atoms with E-state index in [2.05, 4.69) is 15.0 Å². The summed E-state index contributed by atoms with van der Waals surface area (Å²) >= 11 is 1.35. The Balaban J connectivity index is 1.62. The molecule has 9 heteroatoms. The van der Waals surface area contributed by atoms with Crippen LogP contribution in [0, 0.1) is 6.92 Å². The standard InChI is InChI=1S/C22H19N3O4S2/c1-14-11-12-15(21(26)24-22-23-17-8-4-6-10-19(17)30-22)13-20(14)31(27,28)25-16-7-3-5-9-18(16)29-2/h3-13,25H,1-2H3,(H,23,24,26). The number of thiazole rings is 1. The quantitative estimate of drug-likeness (QED) is 0.442. The van der Waals surface area contributed by atoms with E-state index in [1.54, 1.807) is 43.3 Å². The summed E-state index contributed by atoms with van der Waals surface area (Å²) in [5.74, 6) is -0.0405. The normalized spacial score (nSPS) is 11.3. The summed E-state index contributed by atoms with van der Waals surface area (Å²) < 4.78 is 34.8. The number of anilines is 2. The molecule has 1 heterocycles. The Kier molecular flexibility index (Phi) is 5.62. The minimum atomic E-state index is -3.95. The molecule has 4 rings (SSSR count). The number of hydrogen-bond acceptors (Lipinski definition) is 6. The van der Waals surface area contributed by atoms with Crippen molar-refractivity contribution in [3.8, 4) is 5.75 Å². The highest BCUT2D eigenvalue weighted by Gasteiger charge is 2.21. The van der Waals surface area contributed by atoms with E-state index in [1.165, 1.54) is 24.5 Å². The minimum Gasteiger partial charge on any atom is -0.495 e. The predicted molar refractivity (Wildman–Crippen MR) is 123 cm³/mol. The lowest BCUT2D eigenvalue weighted by atomic mass is 10.1. The third-order valence-corrected chi connectivity index (χ3v) is 7.06. The third kappa shape index (κ3) is 4.37. The Morgan fingerprint density at radius 1 is 1.03 bits per heavy atom. The van der Waals surface area contributed by atoms with Gasteiger partial charge >= 0.3 is 0 Å². The Morgan fingerprint density at radius 2 is 1.77 bits per heavy atom. The number of amides is 1. The topological polar surface area (TPSA) is 97.4 Å². The van der Waals surface area contributed by atoms with Crippen molar-refractivity contribution in [2.24, 2.45) is 0 Å². The molecular formula is C22H19N3O4S2. The maximum atomic E-state index is 13.0. The van der Waals surface area contributed by atoms with Crippen LogP contribution in [0.2, 0.25) is 0 Å². The largest absolute Gasteiger partial charge is 0.495 e. The van der Waals surface area contributed by atoms with Crippen molar-refractivity contribution in [2.75, 3.05) is 17.1 Å². The lowest BCUT2D eigenvalue weighted by molar-refractivity contribution is 0.102. The zero-order chi connectivity index (χ0) is 22.0. The zero-order valence-corrected chi connectivity index (χ0v) is 18.4. The molecule has 158 valence electrons. The Bertz CT molecular complexity index is 1350. The number of benzene rings is 3. The van der Waals surface area contributed by atoms with E-state index in [1.807, 2.05) is 24.3 Å². The number of nitrogens with one attached hydrogen (secondary N) is 2. The molecule has 0 aliphatic heterocycles. The molecule has 0 spiro atoms. The summed E-state index contributed by atoms with van der Waals surface area (Å²) in [5.41, 5.74) is 1.83. The summed E-state index contributed by atoms with van der Waals surface area (Å²) in [7, 11) is -2.49. The Morgan fingerprint density at radius 3 is 2.55 bits per heavy atom. The van der Waals surface area contributed by atoms with E-state index in [4.69, 9.17) is 4.74 Å². The number of carbonyl (C=O) groups excluding carboxylic acids is 1. The second-order valence-corrected chi connectivity index (χ2v) is 9.41. The number of methoxy groups -OCH3 is 1.